The number of rotatable bonds is 3. The molecular formula is C16H16N2O. The molecule has 19 heavy (non-hydrogen) atoms. The number of pyridine rings is 1. The smallest absolute Gasteiger partial charge is 0.228 e. The van der Waals surface area contributed by atoms with Gasteiger partial charge < -0.3 is 4.74 Å². The molecule has 1 aliphatic rings. The molecule has 0 spiro atoms. The maximum absolute atomic E-state index is 5.87. The molecule has 0 atom stereocenters. The highest BCUT2D eigenvalue weighted by Crippen LogP contribution is 2.25. The Hall–Kier alpha value is -2.16. The quantitative estimate of drug-likeness (QED) is 0.831. The zero-order chi connectivity index (χ0) is 12.9. The molecule has 0 unspecified atom stereocenters. The van der Waals surface area contributed by atoms with Crippen LogP contribution in [0.25, 0.3) is 0 Å². The molecule has 1 aromatic carbocycles. The summed E-state index contributed by atoms with van der Waals surface area (Å²) in [6, 6.07) is 13.7. The molecule has 0 aliphatic carbocycles. The van der Waals surface area contributed by atoms with Gasteiger partial charge in [0.25, 0.3) is 0 Å². The summed E-state index contributed by atoms with van der Waals surface area (Å²) in [6.45, 7) is 0.912. The van der Waals surface area contributed by atoms with Crippen LogP contribution in [0.1, 0.15) is 24.8 Å². The van der Waals surface area contributed by atoms with E-state index in [2.05, 4.69) is 9.98 Å². The minimum atomic E-state index is 0.648. The lowest BCUT2D eigenvalue weighted by Crippen LogP contribution is -2.09. The summed E-state index contributed by atoms with van der Waals surface area (Å²) < 4.78 is 5.87. The lowest BCUT2D eigenvalue weighted by molar-refractivity contribution is 0.461. The molecule has 0 amide bonds. The van der Waals surface area contributed by atoms with Crippen LogP contribution in [-0.2, 0) is 0 Å². The summed E-state index contributed by atoms with van der Waals surface area (Å²) in [7, 11) is 0. The standard InChI is InChI=1S/C16H16N2O/c1-2-7-13(8-3-1)19-16-14(9-6-12-18-16)15-10-4-5-11-17-15/h1-3,6-9,12H,4-5,10-11H2. The van der Waals surface area contributed by atoms with Crippen molar-refractivity contribution in [3.63, 3.8) is 0 Å². The molecule has 3 nitrogen and oxygen atoms in total. The van der Waals surface area contributed by atoms with E-state index in [4.69, 9.17) is 4.74 Å². The fraction of sp³-hybridized carbons (Fsp3) is 0.250. The molecule has 3 heteroatoms. The lowest BCUT2D eigenvalue weighted by Gasteiger charge is -2.14. The highest BCUT2D eigenvalue weighted by Gasteiger charge is 2.14. The predicted molar refractivity (Wildman–Crippen MR) is 76.0 cm³/mol. The first kappa shape index (κ1) is 11.9. The van der Waals surface area contributed by atoms with Gasteiger partial charge in [-0.1, -0.05) is 18.2 Å². The van der Waals surface area contributed by atoms with Gasteiger partial charge in [-0.3, -0.25) is 4.99 Å². The molecule has 0 radical (unpaired) electrons. The normalized spacial score (nSPS) is 14.8. The van der Waals surface area contributed by atoms with E-state index in [-0.39, 0.29) is 0 Å². The van der Waals surface area contributed by atoms with E-state index >= 15 is 0 Å². The monoisotopic (exact) mass is 252 g/mol. The molecule has 1 aliphatic heterocycles. The van der Waals surface area contributed by atoms with E-state index < -0.39 is 0 Å². The second-order valence-corrected chi connectivity index (χ2v) is 4.56. The van der Waals surface area contributed by atoms with E-state index in [0.29, 0.717) is 5.88 Å². The van der Waals surface area contributed by atoms with Gasteiger partial charge in [-0.2, -0.15) is 0 Å². The van der Waals surface area contributed by atoms with Gasteiger partial charge in [-0.05, 0) is 43.5 Å². The maximum atomic E-state index is 5.87. The number of nitrogens with zero attached hydrogens (tertiary/aromatic N) is 2. The van der Waals surface area contributed by atoms with Gasteiger partial charge in [0.2, 0.25) is 5.88 Å². The summed E-state index contributed by atoms with van der Waals surface area (Å²) in [6.07, 6.45) is 5.14. The summed E-state index contributed by atoms with van der Waals surface area (Å²) in [4.78, 5) is 8.94. The van der Waals surface area contributed by atoms with Crippen molar-refractivity contribution in [2.45, 2.75) is 19.3 Å². The summed E-state index contributed by atoms with van der Waals surface area (Å²) in [5.41, 5.74) is 2.14. The first-order valence-corrected chi connectivity index (χ1v) is 6.65. The Morgan fingerprint density at radius 2 is 1.84 bits per heavy atom. The molecule has 0 saturated carbocycles. The Balaban J connectivity index is 1.91. The summed E-state index contributed by atoms with van der Waals surface area (Å²) >= 11 is 0. The molecule has 3 rings (SSSR count). The van der Waals surface area contributed by atoms with Gasteiger partial charge in [0.15, 0.2) is 0 Å². The van der Waals surface area contributed by atoms with Crippen molar-refractivity contribution in [2.24, 2.45) is 4.99 Å². The Morgan fingerprint density at radius 3 is 2.63 bits per heavy atom. The van der Waals surface area contributed by atoms with Crippen LogP contribution < -0.4 is 4.74 Å². The number of hydrogen-bond donors (Lipinski definition) is 0. The van der Waals surface area contributed by atoms with E-state index in [1.54, 1.807) is 6.20 Å². The van der Waals surface area contributed by atoms with Gasteiger partial charge in [0.05, 0.1) is 5.56 Å². The zero-order valence-electron chi connectivity index (χ0n) is 10.7. The molecule has 0 bridgehead atoms. The second kappa shape index (κ2) is 5.65. The highest BCUT2D eigenvalue weighted by atomic mass is 16.5. The van der Waals surface area contributed by atoms with E-state index in [1.807, 2.05) is 42.5 Å². The SMILES string of the molecule is c1ccc(Oc2ncccc2C2=NCCCC2)cc1. The van der Waals surface area contributed by atoms with Gasteiger partial charge >= 0.3 is 0 Å². The molecule has 0 fully saturated rings. The minimum absolute atomic E-state index is 0.648. The molecule has 0 N–H and O–H groups in total. The zero-order valence-corrected chi connectivity index (χ0v) is 10.7. The van der Waals surface area contributed by atoms with Crippen molar-refractivity contribution in [1.29, 1.82) is 0 Å². The van der Waals surface area contributed by atoms with Crippen molar-refractivity contribution in [3.05, 3.63) is 54.2 Å². The number of aromatic nitrogens is 1. The Kier molecular flexibility index (Phi) is 3.54. The summed E-state index contributed by atoms with van der Waals surface area (Å²) in [5, 5.41) is 0. The number of para-hydroxylation sites is 1. The van der Waals surface area contributed by atoms with E-state index in [1.165, 1.54) is 12.8 Å². The van der Waals surface area contributed by atoms with E-state index in [9.17, 15) is 0 Å². The number of hydrogen-bond acceptors (Lipinski definition) is 3. The number of benzene rings is 1. The van der Waals surface area contributed by atoms with Crippen molar-refractivity contribution in [2.75, 3.05) is 6.54 Å². The number of aliphatic imine (C=N–C) groups is 1. The molecule has 2 aromatic rings. The van der Waals surface area contributed by atoms with Gasteiger partial charge in [0, 0.05) is 18.5 Å². The van der Waals surface area contributed by atoms with Crippen LogP contribution in [0.15, 0.2) is 53.7 Å². The Bertz CT molecular complexity index is 578. The van der Waals surface area contributed by atoms with Crippen LogP contribution in [0.3, 0.4) is 0 Å². The van der Waals surface area contributed by atoms with E-state index in [0.717, 1.165) is 30.0 Å². The predicted octanol–water partition coefficient (Wildman–Crippen LogP) is 3.85. The van der Waals surface area contributed by atoms with Crippen LogP contribution in [-0.4, -0.2) is 17.2 Å². The summed E-state index contributed by atoms with van der Waals surface area (Å²) in [5.74, 6) is 1.45. The van der Waals surface area contributed by atoms with Crippen LogP contribution in [0, 0.1) is 0 Å². The van der Waals surface area contributed by atoms with Gasteiger partial charge in [-0.25, -0.2) is 4.98 Å². The molecular weight excluding hydrogens is 236 g/mol. The third-order valence-electron chi connectivity index (χ3n) is 3.16. The average Bonchev–Trinajstić information content (AvgIpc) is 2.50. The molecule has 2 heterocycles. The first-order chi connectivity index (χ1) is 9.43. The molecule has 0 saturated heterocycles. The number of ether oxygens (including phenoxy) is 1. The Morgan fingerprint density at radius 1 is 0.947 bits per heavy atom. The third kappa shape index (κ3) is 2.81. The fourth-order valence-corrected chi connectivity index (χ4v) is 2.21. The molecule has 1 aromatic heterocycles. The van der Waals surface area contributed by atoms with Crippen molar-refractivity contribution in [1.82, 2.24) is 4.98 Å². The molecule has 96 valence electrons. The lowest BCUT2D eigenvalue weighted by atomic mass is 10.0. The Labute approximate surface area is 113 Å². The minimum Gasteiger partial charge on any atom is -0.438 e. The van der Waals surface area contributed by atoms with Crippen LogP contribution in [0.5, 0.6) is 11.6 Å². The highest BCUT2D eigenvalue weighted by molar-refractivity contribution is 6.02. The van der Waals surface area contributed by atoms with Crippen molar-refractivity contribution in [3.8, 4) is 11.6 Å². The van der Waals surface area contributed by atoms with Crippen molar-refractivity contribution < 1.29 is 4.74 Å². The van der Waals surface area contributed by atoms with Crippen LogP contribution in [0.4, 0.5) is 0 Å². The fourth-order valence-electron chi connectivity index (χ4n) is 2.21. The first-order valence-electron chi connectivity index (χ1n) is 6.65. The van der Waals surface area contributed by atoms with Gasteiger partial charge in [-0.15, -0.1) is 0 Å². The van der Waals surface area contributed by atoms with Crippen LogP contribution in [0.2, 0.25) is 0 Å². The topological polar surface area (TPSA) is 34.5 Å². The third-order valence-corrected chi connectivity index (χ3v) is 3.16. The van der Waals surface area contributed by atoms with Gasteiger partial charge in [0.1, 0.15) is 5.75 Å². The van der Waals surface area contributed by atoms with Crippen molar-refractivity contribution >= 4 is 5.71 Å². The largest absolute Gasteiger partial charge is 0.438 e. The van der Waals surface area contributed by atoms with Crippen LogP contribution >= 0.6 is 0 Å². The average molecular weight is 252 g/mol. The maximum Gasteiger partial charge on any atom is 0.228 e. The second-order valence-electron chi connectivity index (χ2n) is 4.56.